The van der Waals surface area contributed by atoms with E-state index >= 15 is 0 Å². The van der Waals surface area contributed by atoms with Crippen molar-refractivity contribution in [3.8, 4) is 11.1 Å². The molecule has 5 nitrogen and oxygen atoms in total. The molecule has 0 aliphatic carbocycles. The fraction of sp³-hybridized carbons (Fsp3) is 0.200. The van der Waals surface area contributed by atoms with E-state index in [4.69, 9.17) is 16.7 Å². The average Bonchev–Trinajstić information content (AvgIpc) is 2.82. The molecule has 0 spiro atoms. The van der Waals surface area contributed by atoms with Crippen LogP contribution in [0.1, 0.15) is 6.42 Å². The van der Waals surface area contributed by atoms with Crippen LogP contribution < -0.4 is 5.69 Å². The molecule has 3 aromatic rings. The summed E-state index contributed by atoms with van der Waals surface area (Å²) in [5, 5.41) is 9.36. The summed E-state index contributed by atoms with van der Waals surface area (Å²) in [5.74, 6) is -0.350. The van der Waals surface area contributed by atoms with Crippen LogP contribution in [0.2, 0.25) is 5.02 Å². The van der Waals surface area contributed by atoms with Crippen LogP contribution in [0.15, 0.2) is 35.3 Å². The summed E-state index contributed by atoms with van der Waals surface area (Å²) in [7, 11) is 0. The summed E-state index contributed by atoms with van der Waals surface area (Å²) < 4.78 is 14.6. The van der Waals surface area contributed by atoms with E-state index in [0.29, 0.717) is 40.3 Å². The van der Waals surface area contributed by atoms with Crippen molar-refractivity contribution in [1.29, 1.82) is 0 Å². The normalized spacial score (nSPS) is 11.2. The van der Waals surface area contributed by atoms with Gasteiger partial charge in [-0.2, -0.15) is 0 Å². The number of halogens is 2. The molecule has 114 valence electrons. The van der Waals surface area contributed by atoms with Crippen molar-refractivity contribution in [1.82, 2.24) is 14.5 Å². The molecule has 2 aromatic heterocycles. The van der Waals surface area contributed by atoms with Gasteiger partial charge in [0, 0.05) is 24.9 Å². The third kappa shape index (κ3) is 2.51. The number of rotatable bonds is 4. The van der Waals surface area contributed by atoms with Gasteiger partial charge in [-0.25, -0.2) is 14.2 Å². The molecule has 3 rings (SSSR count). The predicted molar refractivity (Wildman–Crippen MR) is 82.5 cm³/mol. The third-order valence-electron chi connectivity index (χ3n) is 3.42. The second-order valence-corrected chi connectivity index (χ2v) is 5.25. The van der Waals surface area contributed by atoms with Gasteiger partial charge in [-0.3, -0.25) is 9.55 Å². The lowest BCUT2D eigenvalue weighted by Gasteiger charge is -2.09. The molecule has 0 aliphatic rings. The van der Waals surface area contributed by atoms with Gasteiger partial charge in [-0.15, -0.1) is 0 Å². The first-order valence-electron chi connectivity index (χ1n) is 6.75. The van der Waals surface area contributed by atoms with Gasteiger partial charge in [-0.05, 0) is 24.1 Å². The molecule has 0 unspecified atom stereocenters. The van der Waals surface area contributed by atoms with Crippen molar-refractivity contribution in [3.05, 3.63) is 51.8 Å². The van der Waals surface area contributed by atoms with Crippen LogP contribution in [0.3, 0.4) is 0 Å². The van der Waals surface area contributed by atoms with E-state index in [-0.39, 0.29) is 18.1 Å². The standard InChI is InChI=1S/C15H13ClFN3O2/c16-11-8-18-14-13(20(6-1-7-21)15(22)19-14)12(11)9-2-4-10(17)5-3-9/h2-5,8,21H,1,6-7H2,(H,18,19,22). The number of hydrogen-bond donors (Lipinski definition) is 2. The van der Waals surface area contributed by atoms with Gasteiger partial charge in [0.1, 0.15) is 5.82 Å². The topological polar surface area (TPSA) is 70.9 Å². The number of aliphatic hydroxyl groups excluding tert-OH is 1. The van der Waals surface area contributed by atoms with E-state index in [1.807, 2.05) is 0 Å². The lowest BCUT2D eigenvalue weighted by molar-refractivity contribution is 0.280. The Bertz CT molecular complexity index is 871. The summed E-state index contributed by atoms with van der Waals surface area (Å²) in [4.78, 5) is 18.9. The monoisotopic (exact) mass is 321 g/mol. The average molecular weight is 322 g/mol. The van der Waals surface area contributed by atoms with Gasteiger partial charge in [0.15, 0.2) is 5.65 Å². The van der Waals surface area contributed by atoms with Crippen LogP contribution in [0.25, 0.3) is 22.3 Å². The number of aromatic amines is 1. The Labute approximate surface area is 130 Å². The molecular weight excluding hydrogens is 309 g/mol. The minimum Gasteiger partial charge on any atom is -0.396 e. The van der Waals surface area contributed by atoms with E-state index in [1.54, 1.807) is 12.1 Å². The number of hydrogen-bond acceptors (Lipinski definition) is 3. The highest BCUT2D eigenvalue weighted by Gasteiger charge is 2.16. The zero-order valence-electron chi connectivity index (χ0n) is 11.5. The first-order valence-corrected chi connectivity index (χ1v) is 7.13. The highest BCUT2D eigenvalue weighted by Crippen LogP contribution is 2.33. The van der Waals surface area contributed by atoms with E-state index in [0.717, 1.165) is 0 Å². The number of aliphatic hydroxyl groups is 1. The van der Waals surface area contributed by atoms with Crippen LogP contribution in [-0.4, -0.2) is 26.2 Å². The van der Waals surface area contributed by atoms with Crippen LogP contribution >= 0.6 is 11.6 Å². The zero-order chi connectivity index (χ0) is 15.7. The summed E-state index contributed by atoms with van der Waals surface area (Å²) in [6, 6.07) is 5.87. The molecule has 0 bridgehead atoms. The van der Waals surface area contributed by atoms with Crippen LogP contribution in [-0.2, 0) is 6.54 Å². The maximum Gasteiger partial charge on any atom is 0.327 e. The highest BCUT2D eigenvalue weighted by atomic mass is 35.5. The van der Waals surface area contributed by atoms with Gasteiger partial charge in [0.2, 0.25) is 0 Å². The number of aromatic nitrogens is 3. The number of pyridine rings is 1. The highest BCUT2D eigenvalue weighted by molar-refractivity contribution is 6.34. The molecule has 7 heteroatoms. The lowest BCUT2D eigenvalue weighted by Crippen LogP contribution is -2.17. The first-order chi connectivity index (χ1) is 10.6. The number of imidazole rings is 1. The summed E-state index contributed by atoms with van der Waals surface area (Å²) in [6.07, 6.45) is 1.89. The molecule has 1 aromatic carbocycles. The Kier molecular flexibility index (Phi) is 3.96. The van der Waals surface area contributed by atoms with Crippen molar-refractivity contribution < 1.29 is 9.50 Å². The number of nitrogens with zero attached hydrogens (tertiary/aromatic N) is 2. The van der Waals surface area contributed by atoms with Crippen molar-refractivity contribution in [2.75, 3.05) is 6.61 Å². The van der Waals surface area contributed by atoms with E-state index in [1.165, 1.54) is 22.9 Å². The van der Waals surface area contributed by atoms with Crippen molar-refractivity contribution in [2.45, 2.75) is 13.0 Å². The molecule has 2 N–H and O–H groups in total. The maximum atomic E-state index is 13.1. The fourth-order valence-corrected chi connectivity index (χ4v) is 2.68. The molecule has 0 saturated carbocycles. The summed E-state index contributed by atoms with van der Waals surface area (Å²) in [6.45, 7) is 0.310. The van der Waals surface area contributed by atoms with E-state index in [2.05, 4.69) is 9.97 Å². The van der Waals surface area contributed by atoms with E-state index in [9.17, 15) is 9.18 Å². The van der Waals surface area contributed by atoms with E-state index < -0.39 is 0 Å². The number of nitrogens with one attached hydrogen (secondary N) is 1. The Morgan fingerprint density at radius 2 is 2.05 bits per heavy atom. The smallest absolute Gasteiger partial charge is 0.327 e. The number of benzene rings is 1. The molecule has 0 radical (unpaired) electrons. The molecule has 0 saturated heterocycles. The number of H-pyrrole nitrogens is 1. The van der Waals surface area contributed by atoms with Crippen LogP contribution in [0.4, 0.5) is 4.39 Å². The second kappa shape index (κ2) is 5.90. The quantitative estimate of drug-likeness (QED) is 0.776. The van der Waals surface area contributed by atoms with Crippen LogP contribution in [0.5, 0.6) is 0 Å². The van der Waals surface area contributed by atoms with Crippen molar-refractivity contribution in [3.63, 3.8) is 0 Å². The SMILES string of the molecule is O=c1[nH]c2ncc(Cl)c(-c3ccc(F)cc3)c2n1CCCO. The second-order valence-electron chi connectivity index (χ2n) is 4.84. The van der Waals surface area contributed by atoms with Gasteiger partial charge in [-0.1, -0.05) is 23.7 Å². The molecule has 2 heterocycles. The van der Waals surface area contributed by atoms with Crippen molar-refractivity contribution >= 4 is 22.8 Å². The molecule has 0 amide bonds. The minimum atomic E-state index is -0.350. The Morgan fingerprint density at radius 3 is 2.73 bits per heavy atom. The number of fused-ring (bicyclic) bond motifs is 1. The van der Waals surface area contributed by atoms with Gasteiger partial charge >= 0.3 is 5.69 Å². The lowest BCUT2D eigenvalue weighted by atomic mass is 10.1. The molecule has 22 heavy (non-hydrogen) atoms. The largest absolute Gasteiger partial charge is 0.396 e. The summed E-state index contributed by atoms with van der Waals surface area (Å²) in [5.41, 5.74) is 1.95. The van der Waals surface area contributed by atoms with Gasteiger partial charge in [0.25, 0.3) is 0 Å². The zero-order valence-corrected chi connectivity index (χ0v) is 12.3. The van der Waals surface area contributed by atoms with Gasteiger partial charge < -0.3 is 5.11 Å². The molecule has 0 atom stereocenters. The number of aryl methyl sites for hydroxylation is 1. The summed E-state index contributed by atoms with van der Waals surface area (Å²) >= 11 is 6.26. The Hall–Kier alpha value is -2.18. The third-order valence-corrected chi connectivity index (χ3v) is 3.71. The molecule has 0 fully saturated rings. The Balaban J connectivity index is 2.29. The van der Waals surface area contributed by atoms with Gasteiger partial charge in [0.05, 0.1) is 10.5 Å². The molecular formula is C15H13ClFN3O2. The Morgan fingerprint density at radius 1 is 1.32 bits per heavy atom. The fourth-order valence-electron chi connectivity index (χ4n) is 2.44. The van der Waals surface area contributed by atoms with Crippen LogP contribution in [0, 0.1) is 5.82 Å². The van der Waals surface area contributed by atoms with Crippen molar-refractivity contribution in [2.24, 2.45) is 0 Å². The predicted octanol–water partition coefficient (Wildman–Crippen LogP) is 2.57. The minimum absolute atomic E-state index is 0.0288. The maximum absolute atomic E-state index is 13.1. The first kappa shape index (κ1) is 14.7. The molecule has 0 aliphatic heterocycles.